The van der Waals surface area contributed by atoms with Crippen molar-refractivity contribution in [1.29, 1.82) is 0 Å². The van der Waals surface area contributed by atoms with Crippen molar-refractivity contribution in [3.63, 3.8) is 0 Å². The van der Waals surface area contributed by atoms with Gasteiger partial charge >= 0.3 is 0 Å². The molecule has 22 heavy (non-hydrogen) atoms. The number of hydrogen-bond acceptors (Lipinski definition) is 5. The first-order chi connectivity index (χ1) is 10.7. The van der Waals surface area contributed by atoms with Crippen LogP contribution in [0.3, 0.4) is 0 Å². The van der Waals surface area contributed by atoms with Gasteiger partial charge in [0.1, 0.15) is 0 Å². The minimum Gasteiger partial charge on any atom is -0.377 e. The van der Waals surface area contributed by atoms with E-state index in [4.69, 9.17) is 0 Å². The molecular weight excluding hydrogens is 296 g/mol. The molecule has 2 aromatic rings. The van der Waals surface area contributed by atoms with Gasteiger partial charge < -0.3 is 4.90 Å². The molecule has 1 aliphatic rings. The predicted molar refractivity (Wildman–Crippen MR) is 93.1 cm³/mol. The molecule has 1 saturated heterocycles. The van der Waals surface area contributed by atoms with E-state index >= 15 is 0 Å². The van der Waals surface area contributed by atoms with Crippen molar-refractivity contribution < 1.29 is 0 Å². The van der Waals surface area contributed by atoms with Gasteiger partial charge in [-0.2, -0.15) is 0 Å². The second kappa shape index (κ2) is 6.54. The molecule has 0 amide bonds. The maximum absolute atomic E-state index is 10.5. The first-order valence-corrected chi connectivity index (χ1v) is 8.16. The molecule has 2 aromatic carbocycles. The van der Waals surface area contributed by atoms with E-state index in [1.807, 2.05) is 0 Å². The van der Waals surface area contributed by atoms with Crippen molar-refractivity contribution in [1.82, 2.24) is 9.31 Å². The molecule has 1 aliphatic heterocycles. The summed E-state index contributed by atoms with van der Waals surface area (Å²) in [6.45, 7) is 3.09. The summed E-state index contributed by atoms with van der Waals surface area (Å²) in [6.07, 6.45) is 0. The molecule has 6 heteroatoms. The lowest BCUT2D eigenvalue weighted by molar-refractivity contribution is 0.201. The summed E-state index contributed by atoms with van der Waals surface area (Å²) >= 11 is 1.77. The minimum absolute atomic E-state index is 0.699. The van der Waals surface area contributed by atoms with Crippen LogP contribution in [0, 0.1) is 4.91 Å². The van der Waals surface area contributed by atoms with E-state index in [-0.39, 0.29) is 0 Å². The summed E-state index contributed by atoms with van der Waals surface area (Å²) in [5, 5.41) is 7.14. The van der Waals surface area contributed by atoms with Crippen molar-refractivity contribution >= 4 is 28.4 Å². The second-order valence-corrected chi connectivity index (χ2v) is 6.72. The fraction of sp³-hybridized carbons (Fsp3) is 0.375. The Morgan fingerprint density at radius 3 is 2.36 bits per heavy atom. The zero-order chi connectivity index (χ0) is 15.5. The lowest BCUT2D eigenvalue weighted by Crippen LogP contribution is -2.40. The Labute approximate surface area is 134 Å². The highest BCUT2D eigenvalue weighted by molar-refractivity contribution is 7.97. The van der Waals surface area contributed by atoms with Crippen LogP contribution in [0.2, 0.25) is 0 Å². The van der Waals surface area contributed by atoms with Gasteiger partial charge in [-0.1, -0.05) is 24.3 Å². The molecule has 1 fully saturated rings. The van der Waals surface area contributed by atoms with Gasteiger partial charge in [0.05, 0.1) is 18.4 Å². The largest absolute Gasteiger partial charge is 0.377 e. The molecule has 5 nitrogen and oxygen atoms in total. The van der Waals surface area contributed by atoms with E-state index in [1.165, 1.54) is 21.4 Å². The number of fused-ring (bicyclic) bond motifs is 1. The lowest BCUT2D eigenvalue weighted by atomic mass is 10.1. The Balaban J connectivity index is 1.85. The highest BCUT2D eigenvalue weighted by Gasteiger charge is 2.18. The minimum atomic E-state index is 0.699. The fourth-order valence-electron chi connectivity index (χ4n) is 2.72. The van der Waals surface area contributed by atoms with E-state index in [0.717, 1.165) is 13.1 Å². The molecule has 0 bridgehead atoms. The van der Waals surface area contributed by atoms with E-state index in [1.54, 1.807) is 17.0 Å². The van der Waals surface area contributed by atoms with Crippen molar-refractivity contribution in [2.24, 2.45) is 5.29 Å². The average Bonchev–Trinajstić information content (AvgIpc) is 2.55. The van der Waals surface area contributed by atoms with Crippen LogP contribution < -0.4 is 4.90 Å². The molecular formula is C16H20N4OS. The summed E-state index contributed by atoms with van der Waals surface area (Å²) < 4.78 is 2.30. The summed E-state index contributed by atoms with van der Waals surface area (Å²) in [4.78, 5) is 13.9. The number of hydrogen-bond donors (Lipinski definition) is 0. The van der Waals surface area contributed by atoms with Crippen LogP contribution >= 0.6 is 11.9 Å². The van der Waals surface area contributed by atoms with Gasteiger partial charge in [-0.05, 0) is 29.5 Å². The zero-order valence-electron chi connectivity index (χ0n) is 12.9. The van der Waals surface area contributed by atoms with E-state index in [9.17, 15) is 4.91 Å². The lowest BCUT2D eigenvalue weighted by Gasteiger charge is -2.30. The van der Waals surface area contributed by atoms with Crippen LogP contribution in [0.25, 0.3) is 10.8 Å². The number of benzene rings is 2. The fourth-order valence-corrected chi connectivity index (χ4v) is 3.76. The molecule has 0 aliphatic carbocycles. The van der Waals surface area contributed by atoms with Crippen LogP contribution in [0.15, 0.2) is 46.6 Å². The van der Waals surface area contributed by atoms with Gasteiger partial charge in [0.15, 0.2) is 0 Å². The predicted octanol–water partition coefficient (Wildman–Crippen LogP) is 3.21. The van der Waals surface area contributed by atoms with Crippen LogP contribution in [0.4, 0.5) is 5.69 Å². The Hall–Kier alpha value is -1.79. The molecule has 0 atom stereocenters. The number of nitroso groups, excluding NO2 is 1. The monoisotopic (exact) mass is 316 g/mol. The van der Waals surface area contributed by atoms with Crippen LogP contribution in [-0.4, -0.2) is 49.6 Å². The average molecular weight is 316 g/mol. The van der Waals surface area contributed by atoms with Crippen molar-refractivity contribution in [2.45, 2.75) is 4.90 Å². The zero-order valence-corrected chi connectivity index (χ0v) is 13.7. The maximum Gasteiger partial charge on any atom is 0.0529 e. The highest BCUT2D eigenvalue weighted by atomic mass is 32.2. The van der Waals surface area contributed by atoms with Crippen molar-refractivity contribution in [2.75, 3.05) is 45.2 Å². The first-order valence-electron chi connectivity index (χ1n) is 7.39. The molecule has 116 valence electrons. The number of nitrogens with zero attached hydrogens (tertiary/aromatic N) is 4. The van der Waals surface area contributed by atoms with Crippen LogP contribution in [0.5, 0.6) is 0 Å². The van der Waals surface area contributed by atoms with Gasteiger partial charge in [-0.15, -0.1) is 4.91 Å². The Bertz CT molecular complexity index is 668. The Morgan fingerprint density at radius 2 is 1.68 bits per heavy atom. The van der Waals surface area contributed by atoms with Crippen molar-refractivity contribution in [3.8, 4) is 0 Å². The topological polar surface area (TPSA) is 39.1 Å². The first kappa shape index (κ1) is 15.1. The molecule has 3 rings (SSSR count). The molecule has 0 saturated carbocycles. The molecule has 0 unspecified atom stereocenters. The molecule has 1 heterocycles. The highest BCUT2D eigenvalue weighted by Crippen LogP contribution is 2.34. The SMILES string of the molecule is CN(C)c1cccc2c(SN3CCN(N=O)CC3)cccc12. The quantitative estimate of drug-likeness (QED) is 0.640. The smallest absolute Gasteiger partial charge is 0.0529 e. The maximum atomic E-state index is 10.5. The van der Waals surface area contributed by atoms with Crippen LogP contribution in [0.1, 0.15) is 0 Å². The molecule has 0 spiro atoms. The van der Waals surface area contributed by atoms with E-state index in [0.29, 0.717) is 13.1 Å². The normalized spacial score (nSPS) is 16.0. The molecule has 0 aromatic heterocycles. The summed E-state index contributed by atoms with van der Waals surface area (Å²) in [7, 11) is 4.14. The summed E-state index contributed by atoms with van der Waals surface area (Å²) in [6, 6.07) is 12.9. The van der Waals surface area contributed by atoms with Gasteiger partial charge in [0, 0.05) is 43.2 Å². The van der Waals surface area contributed by atoms with Gasteiger partial charge in [-0.25, -0.2) is 4.31 Å². The molecule has 0 N–H and O–H groups in total. The third-order valence-corrected chi connectivity index (χ3v) is 5.07. The standard InChI is InChI=1S/C16H20N4OS/c1-18(2)15-7-3-6-14-13(15)5-4-8-16(14)22-20-11-9-19(17-21)10-12-20/h3-8H,9-12H2,1-2H3. The van der Waals surface area contributed by atoms with Crippen LogP contribution in [-0.2, 0) is 0 Å². The van der Waals surface area contributed by atoms with Crippen molar-refractivity contribution in [3.05, 3.63) is 41.3 Å². The second-order valence-electron chi connectivity index (χ2n) is 5.58. The van der Waals surface area contributed by atoms with Gasteiger partial charge in [0.2, 0.25) is 0 Å². The Kier molecular flexibility index (Phi) is 4.49. The third-order valence-electron chi connectivity index (χ3n) is 3.90. The van der Waals surface area contributed by atoms with Gasteiger partial charge in [-0.3, -0.25) is 5.01 Å². The van der Waals surface area contributed by atoms with E-state index < -0.39 is 0 Å². The van der Waals surface area contributed by atoms with Gasteiger partial charge in [0.25, 0.3) is 0 Å². The number of rotatable bonds is 4. The number of piperazine rings is 1. The third kappa shape index (κ3) is 3.03. The Morgan fingerprint density at radius 1 is 1.00 bits per heavy atom. The summed E-state index contributed by atoms with van der Waals surface area (Å²) in [5.74, 6) is 0. The van der Waals surface area contributed by atoms with E-state index in [2.05, 4.69) is 65.0 Å². The number of anilines is 1. The molecule has 0 radical (unpaired) electrons. The summed E-state index contributed by atoms with van der Waals surface area (Å²) in [5.41, 5.74) is 1.23.